The molecule has 1 aromatic carbocycles. The van der Waals surface area contributed by atoms with Crippen LogP contribution in [0.3, 0.4) is 0 Å². The van der Waals surface area contributed by atoms with Crippen molar-refractivity contribution in [3.05, 3.63) is 41.4 Å². The van der Waals surface area contributed by atoms with Crippen molar-refractivity contribution >= 4 is 35.2 Å². The molecule has 1 unspecified atom stereocenters. The van der Waals surface area contributed by atoms with Gasteiger partial charge < -0.3 is 9.42 Å². The Morgan fingerprint density at radius 2 is 1.88 bits per heavy atom. The molecule has 0 radical (unpaired) electrons. The number of imide groups is 1. The maximum atomic E-state index is 13.4. The van der Waals surface area contributed by atoms with Crippen LogP contribution in [0.2, 0.25) is 0 Å². The Hall–Kier alpha value is -2.25. The summed E-state index contributed by atoms with van der Waals surface area (Å²) in [6.07, 6.45) is 8.50. The summed E-state index contributed by atoms with van der Waals surface area (Å²) in [7, 11) is 0. The van der Waals surface area contributed by atoms with E-state index < -0.39 is 0 Å². The van der Waals surface area contributed by atoms with Gasteiger partial charge in [0.15, 0.2) is 5.58 Å². The Labute approximate surface area is 193 Å². The van der Waals surface area contributed by atoms with E-state index in [0.717, 1.165) is 81.2 Å². The molecule has 0 spiro atoms. The van der Waals surface area contributed by atoms with Gasteiger partial charge >= 0.3 is 0 Å². The van der Waals surface area contributed by atoms with Crippen LogP contribution in [0.1, 0.15) is 56.6 Å². The Morgan fingerprint density at radius 1 is 1.09 bits per heavy atom. The molecule has 172 valence electrons. The zero-order valence-electron chi connectivity index (χ0n) is 18.1. The zero-order valence-corrected chi connectivity index (χ0v) is 18.9. The molecule has 1 atom stereocenters. The number of amides is 2. The van der Waals surface area contributed by atoms with E-state index in [1.807, 2.05) is 6.08 Å². The molecule has 0 N–H and O–H groups in total. The number of fused-ring (bicyclic) bond motifs is 2. The van der Waals surface area contributed by atoms with E-state index in [2.05, 4.69) is 10.1 Å². The van der Waals surface area contributed by atoms with Crippen LogP contribution >= 0.6 is 12.4 Å². The Kier molecular flexibility index (Phi) is 6.96. The maximum absolute atomic E-state index is 13.4. The van der Waals surface area contributed by atoms with Crippen LogP contribution < -0.4 is 0 Å². The molecule has 1 aromatic heterocycles. The Bertz CT molecular complexity index is 1030. The van der Waals surface area contributed by atoms with Gasteiger partial charge in [-0.05, 0) is 76.7 Å². The third kappa shape index (κ3) is 4.33. The molecule has 0 saturated carbocycles. The highest BCUT2D eigenvalue weighted by molar-refractivity contribution is 6.14. The minimum atomic E-state index is -0.308. The summed E-state index contributed by atoms with van der Waals surface area (Å²) in [5, 5.41) is 5.13. The summed E-state index contributed by atoms with van der Waals surface area (Å²) in [6.45, 7) is 3.47. The molecule has 1 aliphatic carbocycles. The monoisotopic (exact) mass is 461 g/mol. The number of hydrogen-bond acceptors (Lipinski definition) is 5. The quantitative estimate of drug-likeness (QED) is 0.470. The van der Waals surface area contributed by atoms with Crippen LogP contribution in [0.15, 0.2) is 34.4 Å². The van der Waals surface area contributed by atoms with Gasteiger partial charge in [0.05, 0.1) is 11.6 Å². The van der Waals surface area contributed by atoms with Crippen molar-refractivity contribution in [3.63, 3.8) is 0 Å². The molecule has 2 fully saturated rings. The number of likely N-dealkylation sites (tertiary alicyclic amines) is 2. The number of benzene rings is 1. The largest absolute Gasteiger partial charge is 0.356 e. The second-order valence-electron chi connectivity index (χ2n) is 8.97. The summed E-state index contributed by atoms with van der Waals surface area (Å²) in [5.41, 5.74) is 2.19. The molecular weight excluding hydrogens is 433 g/mol. The first-order valence-corrected chi connectivity index (χ1v) is 11.4. The minimum absolute atomic E-state index is 0. The molecule has 0 bridgehead atoms. The fourth-order valence-electron chi connectivity index (χ4n) is 5.29. The number of unbranched alkanes of at least 4 members (excludes halogenated alkanes) is 1. The van der Waals surface area contributed by atoms with E-state index >= 15 is 0 Å². The molecular formula is C24H29ClFN3O3. The van der Waals surface area contributed by atoms with Gasteiger partial charge in [-0.15, -0.1) is 12.4 Å². The van der Waals surface area contributed by atoms with Crippen molar-refractivity contribution < 1.29 is 18.5 Å². The summed E-state index contributed by atoms with van der Waals surface area (Å²) in [6, 6.07) is 4.61. The van der Waals surface area contributed by atoms with Crippen LogP contribution in [0.25, 0.3) is 11.0 Å². The number of allylic oxidation sites excluding steroid dienone is 1. The molecule has 2 amide bonds. The van der Waals surface area contributed by atoms with Crippen molar-refractivity contribution in [2.75, 3.05) is 26.2 Å². The van der Waals surface area contributed by atoms with Gasteiger partial charge in [0.2, 0.25) is 5.91 Å². The predicted octanol–water partition coefficient (Wildman–Crippen LogP) is 4.44. The van der Waals surface area contributed by atoms with Crippen LogP contribution in [0, 0.1) is 11.7 Å². The first-order chi connectivity index (χ1) is 15.1. The van der Waals surface area contributed by atoms with Crippen molar-refractivity contribution in [1.82, 2.24) is 15.0 Å². The lowest BCUT2D eigenvalue weighted by Crippen LogP contribution is -2.35. The van der Waals surface area contributed by atoms with E-state index in [4.69, 9.17) is 4.52 Å². The first kappa shape index (κ1) is 22.9. The van der Waals surface area contributed by atoms with Crippen molar-refractivity contribution in [2.45, 2.75) is 50.9 Å². The summed E-state index contributed by atoms with van der Waals surface area (Å²) < 4.78 is 18.7. The topological polar surface area (TPSA) is 66.7 Å². The highest BCUT2D eigenvalue weighted by atomic mass is 35.5. The van der Waals surface area contributed by atoms with Crippen LogP contribution in [-0.4, -0.2) is 52.9 Å². The van der Waals surface area contributed by atoms with E-state index in [1.54, 1.807) is 6.07 Å². The first-order valence-electron chi connectivity index (χ1n) is 11.4. The van der Waals surface area contributed by atoms with Crippen molar-refractivity contribution in [2.24, 2.45) is 5.92 Å². The van der Waals surface area contributed by atoms with Crippen molar-refractivity contribution in [3.8, 4) is 0 Å². The normalized spacial score (nSPS) is 22.2. The zero-order chi connectivity index (χ0) is 21.4. The summed E-state index contributed by atoms with van der Waals surface area (Å²) in [4.78, 5) is 28.9. The molecule has 8 heteroatoms. The van der Waals surface area contributed by atoms with Gasteiger partial charge in [0.1, 0.15) is 5.82 Å². The molecule has 2 saturated heterocycles. The second-order valence-corrected chi connectivity index (χ2v) is 8.97. The van der Waals surface area contributed by atoms with Crippen LogP contribution in [-0.2, 0) is 9.59 Å². The maximum Gasteiger partial charge on any atom is 0.256 e. The van der Waals surface area contributed by atoms with Gasteiger partial charge in [-0.1, -0.05) is 11.2 Å². The number of rotatable bonds is 6. The molecule has 3 aliphatic rings. The molecule has 2 aliphatic heterocycles. The molecule has 6 nitrogen and oxygen atoms in total. The number of nitrogens with zero attached hydrogens (tertiary/aromatic N) is 3. The molecule has 32 heavy (non-hydrogen) atoms. The number of hydrogen-bond donors (Lipinski definition) is 0. The smallest absolute Gasteiger partial charge is 0.256 e. The lowest BCUT2D eigenvalue weighted by atomic mass is 9.90. The highest BCUT2D eigenvalue weighted by Crippen LogP contribution is 2.35. The van der Waals surface area contributed by atoms with E-state index in [1.165, 1.54) is 17.0 Å². The summed E-state index contributed by atoms with van der Waals surface area (Å²) in [5.74, 6) is -0.201. The molecule has 5 rings (SSSR count). The van der Waals surface area contributed by atoms with Crippen molar-refractivity contribution in [1.29, 1.82) is 0 Å². The standard InChI is InChI=1S/C24H28FN3O3.ClH/c25-17-7-8-20-21(15-17)31-26-22(20)16-9-13-27(14-10-16)11-3-4-12-28-23(29)18-5-1-2-6-19(18)24(28)30;/h5,7-8,15-16,19H,1-4,6,9-14H2;1H. The molecule has 2 aromatic rings. The van der Waals surface area contributed by atoms with E-state index in [-0.39, 0.29) is 36.0 Å². The lowest BCUT2D eigenvalue weighted by Gasteiger charge is -2.31. The number of carbonyl (C=O) groups excluding carboxylic acids is 2. The molecule has 3 heterocycles. The van der Waals surface area contributed by atoms with E-state index in [9.17, 15) is 14.0 Å². The lowest BCUT2D eigenvalue weighted by molar-refractivity contribution is -0.139. The fourth-order valence-corrected chi connectivity index (χ4v) is 5.29. The fraction of sp³-hybridized carbons (Fsp3) is 0.542. The third-order valence-corrected chi connectivity index (χ3v) is 7.04. The minimum Gasteiger partial charge on any atom is -0.356 e. The average molecular weight is 462 g/mol. The highest BCUT2D eigenvalue weighted by Gasteiger charge is 2.43. The number of carbonyl (C=O) groups is 2. The number of halogens is 2. The van der Waals surface area contributed by atoms with Gasteiger partial charge in [0, 0.05) is 29.5 Å². The predicted molar refractivity (Wildman–Crippen MR) is 121 cm³/mol. The Balaban J connectivity index is 0.00000245. The second kappa shape index (κ2) is 9.71. The Morgan fingerprint density at radius 3 is 2.66 bits per heavy atom. The third-order valence-electron chi connectivity index (χ3n) is 7.04. The van der Waals surface area contributed by atoms with Gasteiger partial charge in [0.25, 0.3) is 5.91 Å². The summed E-state index contributed by atoms with van der Waals surface area (Å²) >= 11 is 0. The van der Waals surface area contributed by atoms with Gasteiger partial charge in [-0.2, -0.15) is 0 Å². The van der Waals surface area contributed by atoms with E-state index in [0.29, 0.717) is 18.0 Å². The van der Waals surface area contributed by atoms with Crippen LogP contribution in [0.5, 0.6) is 0 Å². The number of aromatic nitrogens is 1. The van der Waals surface area contributed by atoms with Gasteiger partial charge in [-0.3, -0.25) is 14.5 Å². The SMILES string of the molecule is Cl.O=C1C2=CCCCC2C(=O)N1CCCCN1CCC(c2noc3cc(F)ccc23)CC1. The number of piperidine rings is 1. The van der Waals surface area contributed by atoms with Gasteiger partial charge in [-0.25, -0.2) is 4.39 Å². The van der Waals surface area contributed by atoms with Crippen LogP contribution in [0.4, 0.5) is 4.39 Å². The average Bonchev–Trinajstić information content (AvgIpc) is 3.31.